The van der Waals surface area contributed by atoms with Crippen molar-refractivity contribution >= 4 is 17.3 Å². The number of aromatic nitrogens is 1. The molecule has 0 bridgehead atoms. The van der Waals surface area contributed by atoms with Crippen molar-refractivity contribution in [2.45, 2.75) is 40.0 Å². The van der Waals surface area contributed by atoms with Crippen LogP contribution in [0, 0.1) is 5.92 Å². The van der Waals surface area contributed by atoms with E-state index in [1.807, 2.05) is 0 Å². The Morgan fingerprint density at radius 2 is 2.29 bits per heavy atom. The fourth-order valence-electron chi connectivity index (χ4n) is 1.66. The minimum atomic E-state index is -0.919. The number of nitrogens with zero attached hydrogens (tertiary/aromatic N) is 1. The molecule has 0 aliphatic carbocycles. The number of hydrogen-bond acceptors (Lipinski definition) is 3. The number of aromatic carboxylic acids is 1. The maximum atomic E-state index is 10.9. The van der Waals surface area contributed by atoms with E-state index in [4.69, 9.17) is 5.11 Å². The quantitative estimate of drug-likeness (QED) is 0.785. The first kappa shape index (κ1) is 13.9. The van der Waals surface area contributed by atoms with Crippen LogP contribution in [0.3, 0.4) is 0 Å². The van der Waals surface area contributed by atoms with Crippen LogP contribution in [0.4, 0.5) is 0 Å². The zero-order valence-electron chi connectivity index (χ0n) is 10.6. The van der Waals surface area contributed by atoms with Gasteiger partial charge in [0.1, 0.15) is 0 Å². The Hall–Kier alpha value is -1.16. The van der Waals surface area contributed by atoms with Crippen LogP contribution >= 0.6 is 11.3 Å². The van der Waals surface area contributed by atoms with E-state index in [1.54, 1.807) is 5.51 Å². The Morgan fingerprint density at radius 1 is 1.59 bits per heavy atom. The highest BCUT2D eigenvalue weighted by Gasteiger charge is 2.15. The molecule has 0 saturated carbocycles. The standard InChI is InChI=1S/C13H19NO2S/c1-9(2)5-4-6-10(3)7-11-12(13(15)16)14-8-17-11/h5,8,10H,4,6-7H2,1-3H3,(H,15,16). The highest BCUT2D eigenvalue weighted by molar-refractivity contribution is 7.09. The lowest BCUT2D eigenvalue weighted by Gasteiger charge is -2.08. The lowest BCUT2D eigenvalue weighted by atomic mass is 9.99. The van der Waals surface area contributed by atoms with Crippen LogP contribution < -0.4 is 0 Å². The van der Waals surface area contributed by atoms with Crippen LogP contribution in [0.2, 0.25) is 0 Å². The molecule has 17 heavy (non-hydrogen) atoms. The van der Waals surface area contributed by atoms with Gasteiger partial charge in [0.25, 0.3) is 0 Å². The summed E-state index contributed by atoms with van der Waals surface area (Å²) in [5, 5.41) is 8.95. The molecule has 1 aromatic rings. The van der Waals surface area contributed by atoms with Gasteiger partial charge >= 0.3 is 5.97 Å². The second-order valence-corrected chi connectivity index (χ2v) is 5.54. The van der Waals surface area contributed by atoms with E-state index in [0.29, 0.717) is 5.92 Å². The lowest BCUT2D eigenvalue weighted by molar-refractivity contribution is 0.0690. The fourth-order valence-corrected chi connectivity index (χ4v) is 2.58. The Bertz CT molecular complexity index is 405. The van der Waals surface area contributed by atoms with Crippen molar-refractivity contribution < 1.29 is 9.90 Å². The molecule has 0 aromatic carbocycles. The first-order chi connectivity index (χ1) is 8.00. The van der Waals surface area contributed by atoms with Crippen molar-refractivity contribution in [3.63, 3.8) is 0 Å². The predicted octanol–water partition coefficient (Wildman–Crippen LogP) is 3.77. The molecule has 1 unspecified atom stereocenters. The zero-order chi connectivity index (χ0) is 12.8. The van der Waals surface area contributed by atoms with Gasteiger partial charge in [-0.1, -0.05) is 18.6 Å². The van der Waals surface area contributed by atoms with E-state index >= 15 is 0 Å². The number of carbonyl (C=O) groups is 1. The highest BCUT2D eigenvalue weighted by Crippen LogP contribution is 2.20. The van der Waals surface area contributed by atoms with Crippen LogP contribution in [-0.4, -0.2) is 16.1 Å². The third kappa shape index (κ3) is 4.69. The van der Waals surface area contributed by atoms with Crippen molar-refractivity contribution in [2.24, 2.45) is 5.92 Å². The largest absolute Gasteiger partial charge is 0.476 e. The fraction of sp³-hybridized carbons (Fsp3) is 0.538. The Balaban J connectivity index is 2.50. The zero-order valence-corrected chi connectivity index (χ0v) is 11.4. The molecule has 0 aliphatic heterocycles. The van der Waals surface area contributed by atoms with Crippen molar-refractivity contribution in [3.05, 3.63) is 27.7 Å². The number of thiazole rings is 1. The molecule has 0 amide bonds. The second-order valence-electron chi connectivity index (χ2n) is 4.60. The number of carboxylic acid groups (broad SMARTS) is 1. The molecule has 3 nitrogen and oxygen atoms in total. The summed E-state index contributed by atoms with van der Waals surface area (Å²) in [6.07, 6.45) is 5.18. The van der Waals surface area contributed by atoms with Crippen molar-refractivity contribution in [1.82, 2.24) is 4.98 Å². The third-order valence-electron chi connectivity index (χ3n) is 2.59. The first-order valence-electron chi connectivity index (χ1n) is 5.79. The molecule has 0 aliphatic rings. The molecule has 1 aromatic heterocycles. The van der Waals surface area contributed by atoms with Crippen LogP contribution in [0.15, 0.2) is 17.2 Å². The molecule has 0 fully saturated rings. The van der Waals surface area contributed by atoms with Crippen LogP contribution in [-0.2, 0) is 6.42 Å². The number of rotatable bonds is 6. The summed E-state index contributed by atoms with van der Waals surface area (Å²) in [6, 6.07) is 0. The summed E-state index contributed by atoms with van der Waals surface area (Å²) in [5.41, 5.74) is 3.17. The molecule has 0 spiro atoms. The first-order valence-corrected chi connectivity index (χ1v) is 6.67. The molecular weight excluding hydrogens is 234 g/mol. The van der Waals surface area contributed by atoms with Crippen LogP contribution in [0.1, 0.15) is 49.0 Å². The summed E-state index contributed by atoms with van der Waals surface area (Å²) in [6.45, 7) is 6.34. The Labute approximate surface area is 106 Å². The van der Waals surface area contributed by atoms with Gasteiger partial charge < -0.3 is 5.11 Å². The van der Waals surface area contributed by atoms with Gasteiger partial charge in [-0.25, -0.2) is 9.78 Å². The Morgan fingerprint density at radius 3 is 2.88 bits per heavy atom. The van der Waals surface area contributed by atoms with E-state index in [1.165, 1.54) is 16.9 Å². The van der Waals surface area contributed by atoms with Crippen molar-refractivity contribution in [3.8, 4) is 0 Å². The van der Waals surface area contributed by atoms with Crippen molar-refractivity contribution in [1.29, 1.82) is 0 Å². The Kier molecular flexibility index (Phi) is 5.35. The van der Waals surface area contributed by atoms with Gasteiger partial charge in [-0.2, -0.15) is 0 Å². The molecule has 1 rings (SSSR count). The average Bonchev–Trinajstić information content (AvgIpc) is 2.65. The maximum Gasteiger partial charge on any atom is 0.355 e. The van der Waals surface area contributed by atoms with E-state index < -0.39 is 5.97 Å². The van der Waals surface area contributed by atoms with Gasteiger partial charge in [-0.15, -0.1) is 11.3 Å². The summed E-state index contributed by atoms with van der Waals surface area (Å²) >= 11 is 1.44. The molecule has 0 radical (unpaired) electrons. The number of allylic oxidation sites excluding steroid dienone is 2. The second kappa shape index (κ2) is 6.55. The molecule has 4 heteroatoms. The van der Waals surface area contributed by atoms with E-state index in [9.17, 15) is 4.79 Å². The van der Waals surface area contributed by atoms with Gasteiger partial charge in [-0.3, -0.25) is 0 Å². The molecule has 94 valence electrons. The van der Waals surface area contributed by atoms with Crippen LogP contribution in [0.5, 0.6) is 0 Å². The molecule has 1 heterocycles. The monoisotopic (exact) mass is 253 g/mol. The topological polar surface area (TPSA) is 50.2 Å². The molecule has 0 saturated heterocycles. The lowest BCUT2D eigenvalue weighted by Crippen LogP contribution is -2.05. The van der Waals surface area contributed by atoms with E-state index in [0.717, 1.165) is 24.1 Å². The summed E-state index contributed by atoms with van der Waals surface area (Å²) in [7, 11) is 0. The van der Waals surface area contributed by atoms with E-state index in [-0.39, 0.29) is 5.69 Å². The van der Waals surface area contributed by atoms with Gasteiger partial charge in [-0.05, 0) is 39.0 Å². The maximum absolute atomic E-state index is 10.9. The minimum absolute atomic E-state index is 0.226. The SMILES string of the molecule is CC(C)=CCCC(C)Cc1scnc1C(=O)O. The van der Waals surface area contributed by atoms with Crippen LogP contribution in [0.25, 0.3) is 0 Å². The smallest absolute Gasteiger partial charge is 0.355 e. The van der Waals surface area contributed by atoms with Gasteiger partial charge in [0.2, 0.25) is 0 Å². The molecule has 1 atom stereocenters. The highest BCUT2D eigenvalue weighted by atomic mass is 32.1. The predicted molar refractivity (Wildman–Crippen MR) is 70.6 cm³/mol. The molecular formula is C13H19NO2S. The number of carboxylic acids is 1. The number of hydrogen-bond donors (Lipinski definition) is 1. The van der Waals surface area contributed by atoms with E-state index in [2.05, 4.69) is 31.8 Å². The van der Waals surface area contributed by atoms with Gasteiger partial charge in [0.15, 0.2) is 5.69 Å². The van der Waals surface area contributed by atoms with Gasteiger partial charge in [0, 0.05) is 4.88 Å². The summed E-state index contributed by atoms with van der Waals surface area (Å²) in [5.74, 6) is -0.429. The van der Waals surface area contributed by atoms with Crippen molar-refractivity contribution in [2.75, 3.05) is 0 Å². The normalized spacial score (nSPS) is 12.2. The summed E-state index contributed by atoms with van der Waals surface area (Å²) in [4.78, 5) is 15.7. The third-order valence-corrected chi connectivity index (χ3v) is 3.44. The average molecular weight is 253 g/mol. The summed E-state index contributed by atoms with van der Waals surface area (Å²) < 4.78 is 0. The molecule has 1 N–H and O–H groups in total. The van der Waals surface area contributed by atoms with Gasteiger partial charge in [0.05, 0.1) is 5.51 Å². The minimum Gasteiger partial charge on any atom is -0.476 e.